The Morgan fingerprint density at radius 3 is 2.60 bits per heavy atom. The van der Waals surface area contributed by atoms with Crippen molar-refractivity contribution in [2.45, 2.75) is 51.6 Å². The Kier molecular flexibility index (Phi) is 4.42. The van der Waals surface area contributed by atoms with Gasteiger partial charge in [0.05, 0.1) is 12.4 Å². The number of hydrogen-bond acceptors (Lipinski definition) is 2. The van der Waals surface area contributed by atoms with Crippen LogP contribution in [0.1, 0.15) is 45.4 Å². The molecule has 1 nitrogen and oxygen atoms in total. The third-order valence-corrected chi connectivity index (χ3v) is 4.67. The molecule has 1 heterocycles. The number of allylic oxidation sites excluding steroid dienone is 1. The molecule has 2 rings (SSSR count). The van der Waals surface area contributed by atoms with Crippen molar-refractivity contribution in [2.75, 3.05) is 11.5 Å². The van der Waals surface area contributed by atoms with E-state index in [-0.39, 0.29) is 0 Å². The maximum absolute atomic E-state index is 5.89. The lowest BCUT2D eigenvalue weighted by Crippen LogP contribution is -2.23. The van der Waals surface area contributed by atoms with E-state index in [1.54, 1.807) is 0 Å². The Balaban J connectivity index is 1.75. The van der Waals surface area contributed by atoms with Crippen molar-refractivity contribution in [1.82, 2.24) is 0 Å². The number of rotatable bonds is 3. The van der Waals surface area contributed by atoms with Crippen LogP contribution < -0.4 is 0 Å². The van der Waals surface area contributed by atoms with E-state index < -0.39 is 0 Å². The van der Waals surface area contributed by atoms with E-state index in [9.17, 15) is 0 Å². The molecule has 2 fully saturated rings. The monoisotopic (exact) mass is 226 g/mol. The lowest BCUT2D eigenvalue weighted by Gasteiger charge is -2.26. The van der Waals surface area contributed by atoms with Gasteiger partial charge in [0, 0.05) is 0 Å². The van der Waals surface area contributed by atoms with Crippen molar-refractivity contribution in [3.63, 3.8) is 0 Å². The summed E-state index contributed by atoms with van der Waals surface area (Å²) in [6.07, 6.45) is 10.5. The zero-order valence-corrected chi connectivity index (χ0v) is 10.5. The average molecular weight is 226 g/mol. The summed E-state index contributed by atoms with van der Waals surface area (Å²) in [5, 5.41) is 0. The summed E-state index contributed by atoms with van der Waals surface area (Å²) in [5.41, 5.74) is 1.53. The lowest BCUT2D eigenvalue weighted by molar-refractivity contribution is 0.0955. The quantitative estimate of drug-likeness (QED) is 0.673. The van der Waals surface area contributed by atoms with Gasteiger partial charge in [-0.1, -0.05) is 0 Å². The van der Waals surface area contributed by atoms with Crippen molar-refractivity contribution in [2.24, 2.45) is 5.92 Å². The van der Waals surface area contributed by atoms with Gasteiger partial charge in [-0.3, -0.25) is 0 Å². The van der Waals surface area contributed by atoms with Crippen molar-refractivity contribution < 1.29 is 4.74 Å². The minimum atomic E-state index is 0.430. The van der Waals surface area contributed by atoms with Gasteiger partial charge >= 0.3 is 0 Å². The van der Waals surface area contributed by atoms with Crippen LogP contribution in [-0.4, -0.2) is 17.6 Å². The Bertz CT molecular complexity index is 211. The molecule has 0 aromatic rings. The Morgan fingerprint density at radius 2 is 1.93 bits per heavy atom. The average Bonchev–Trinajstić information content (AvgIpc) is 2.80. The molecular weight excluding hydrogens is 204 g/mol. The molecule has 0 spiro atoms. The maximum Gasteiger partial charge on any atom is 0.0979 e. The second-order valence-corrected chi connectivity index (χ2v) is 6.00. The predicted octanol–water partition coefficient (Wildman–Crippen LogP) is 3.99. The third kappa shape index (κ3) is 3.44. The van der Waals surface area contributed by atoms with Crippen LogP contribution in [0.25, 0.3) is 0 Å². The Morgan fingerprint density at radius 1 is 1.27 bits per heavy atom. The maximum atomic E-state index is 5.89. The zero-order chi connectivity index (χ0) is 10.5. The first-order valence-corrected chi connectivity index (χ1v) is 7.43. The van der Waals surface area contributed by atoms with Gasteiger partial charge in [0.1, 0.15) is 0 Å². The SMILES string of the molecule is CC(OC=C1CCCC1)C1CCSCC1. The van der Waals surface area contributed by atoms with E-state index in [2.05, 4.69) is 24.9 Å². The standard InChI is InChI=1S/C13H22OS/c1-11(13-6-8-15-9-7-13)14-10-12-4-2-3-5-12/h10-11,13H,2-9H2,1H3. The summed E-state index contributed by atoms with van der Waals surface area (Å²) in [7, 11) is 0. The molecule has 0 N–H and O–H groups in total. The molecule has 2 aliphatic rings. The van der Waals surface area contributed by atoms with Crippen molar-refractivity contribution in [3.05, 3.63) is 11.8 Å². The number of ether oxygens (including phenoxy) is 1. The normalized spacial score (nSPS) is 25.3. The first-order chi connectivity index (χ1) is 7.36. The molecule has 1 atom stereocenters. The van der Waals surface area contributed by atoms with E-state index in [1.807, 2.05) is 0 Å². The molecule has 0 aromatic carbocycles. The van der Waals surface area contributed by atoms with Gasteiger partial charge in [-0.15, -0.1) is 0 Å². The van der Waals surface area contributed by atoms with Gasteiger partial charge in [-0.05, 0) is 68.4 Å². The summed E-state index contributed by atoms with van der Waals surface area (Å²) in [6, 6.07) is 0. The van der Waals surface area contributed by atoms with Gasteiger partial charge in [-0.25, -0.2) is 0 Å². The van der Waals surface area contributed by atoms with E-state index >= 15 is 0 Å². The fourth-order valence-electron chi connectivity index (χ4n) is 2.45. The molecule has 1 unspecified atom stereocenters. The summed E-state index contributed by atoms with van der Waals surface area (Å²) >= 11 is 2.09. The minimum absolute atomic E-state index is 0.430. The molecule has 86 valence electrons. The van der Waals surface area contributed by atoms with Gasteiger partial charge in [-0.2, -0.15) is 11.8 Å². The molecular formula is C13H22OS. The third-order valence-electron chi connectivity index (χ3n) is 3.62. The zero-order valence-electron chi connectivity index (χ0n) is 9.71. The first kappa shape index (κ1) is 11.4. The molecule has 0 aromatic heterocycles. The predicted molar refractivity (Wildman–Crippen MR) is 67.1 cm³/mol. The fourth-order valence-corrected chi connectivity index (χ4v) is 3.59. The van der Waals surface area contributed by atoms with Crippen LogP contribution in [0.4, 0.5) is 0 Å². The molecule has 0 bridgehead atoms. The highest BCUT2D eigenvalue weighted by atomic mass is 32.2. The highest BCUT2D eigenvalue weighted by molar-refractivity contribution is 7.99. The lowest BCUT2D eigenvalue weighted by atomic mass is 9.97. The molecule has 1 aliphatic heterocycles. The van der Waals surface area contributed by atoms with E-state index in [0.717, 1.165) is 5.92 Å². The van der Waals surface area contributed by atoms with Gasteiger partial charge < -0.3 is 4.74 Å². The number of hydrogen-bond donors (Lipinski definition) is 0. The largest absolute Gasteiger partial charge is 0.498 e. The molecule has 1 saturated heterocycles. The van der Waals surface area contributed by atoms with Crippen molar-refractivity contribution in [1.29, 1.82) is 0 Å². The van der Waals surface area contributed by atoms with E-state index in [1.165, 1.54) is 55.6 Å². The van der Waals surface area contributed by atoms with E-state index in [0.29, 0.717) is 6.10 Å². The molecule has 1 aliphatic carbocycles. The second kappa shape index (κ2) is 5.83. The Hall–Kier alpha value is -0.110. The Labute approximate surface area is 97.7 Å². The second-order valence-electron chi connectivity index (χ2n) is 4.77. The summed E-state index contributed by atoms with van der Waals surface area (Å²) in [5.74, 6) is 3.45. The highest BCUT2D eigenvalue weighted by Crippen LogP contribution is 2.28. The van der Waals surface area contributed by atoms with Crippen LogP contribution in [0.5, 0.6) is 0 Å². The smallest absolute Gasteiger partial charge is 0.0979 e. The van der Waals surface area contributed by atoms with Crippen molar-refractivity contribution >= 4 is 11.8 Å². The van der Waals surface area contributed by atoms with Crippen molar-refractivity contribution in [3.8, 4) is 0 Å². The van der Waals surface area contributed by atoms with Crippen LogP contribution in [0, 0.1) is 5.92 Å². The molecule has 2 heteroatoms. The molecule has 15 heavy (non-hydrogen) atoms. The van der Waals surface area contributed by atoms with Crippen LogP contribution in [0.15, 0.2) is 11.8 Å². The van der Waals surface area contributed by atoms with Crippen LogP contribution in [0.3, 0.4) is 0 Å². The fraction of sp³-hybridized carbons (Fsp3) is 0.846. The van der Waals surface area contributed by atoms with E-state index in [4.69, 9.17) is 4.74 Å². The van der Waals surface area contributed by atoms with Gasteiger partial charge in [0.25, 0.3) is 0 Å². The van der Waals surface area contributed by atoms with Crippen LogP contribution >= 0.6 is 11.8 Å². The summed E-state index contributed by atoms with van der Waals surface area (Å²) in [4.78, 5) is 0. The highest BCUT2D eigenvalue weighted by Gasteiger charge is 2.21. The minimum Gasteiger partial charge on any atom is -0.498 e. The number of thioether (sulfide) groups is 1. The van der Waals surface area contributed by atoms with Crippen LogP contribution in [-0.2, 0) is 4.74 Å². The molecule has 1 saturated carbocycles. The van der Waals surface area contributed by atoms with Gasteiger partial charge in [0.2, 0.25) is 0 Å². The summed E-state index contributed by atoms with van der Waals surface area (Å²) < 4.78 is 5.89. The molecule has 0 radical (unpaired) electrons. The first-order valence-electron chi connectivity index (χ1n) is 6.27. The van der Waals surface area contributed by atoms with Gasteiger partial charge in [0.15, 0.2) is 0 Å². The molecule has 0 amide bonds. The summed E-state index contributed by atoms with van der Waals surface area (Å²) in [6.45, 7) is 2.24. The van der Waals surface area contributed by atoms with Crippen LogP contribution in [0.2, 0.25) is 0 Å². The topological polar surface area (TPSA) is 9.23 Å².